The highest BCUT2D eigenvalue weighted by Crippen LogP contribution is 1.99. The lowest BCUT2D eigenvalue weighted by Crippen LogP contribution is -2.13. The maximum atomic E-state index is 10.7. The van der Waals surface area contributed by atoms with E-state index in [1.54, 1.807) is 6.92 Å². The Balaban J connectivity index is 3.37. The van der Waals surface area contributed by atoms with Crippen LogP contribution in [-0.4, -0.2) is 28.7 Å². The second kappa shape index (κ2) is 5.38. The van der Waals surface area contributed by atoms with Gasteiger partial charge in [-0.05, 0) is 6.42 Å². The van der Waals surface area contributed by atoms with E-state index in [-0.39, 0.29) is 18.8 Å². The summed E-state index contributed by atoms with van der Waals surface area (Å²) >= 11 is 0. The average Bonchev–Trinajstić information content (AvgIpc) is 1.88. The van der Waals surface area contributed by atoms with Crippen LogP contribution in [0.2, 0.25) is 0 Å². The minimum atomic E-state index is -0.655. The fourth-order valence-electron chi connectivity index (χ4n) is 0.658. The Morgan fingerprint density at radius 3 is 2.60 bits per heavy atom. The Morgan fingerprint density at radius 1 is 1.60 bits per heavy atom. The number of carbonyl (C=O) groups is 1. The second-order valence-corrected chi connectivity index (χ2v) is 2.26. The molecule has 0 aliphatic rings. The number of aliphatic hydroxyl groups excluding tert-OH is 2. The molecule has 0 fully saturated rings. The van der Waals surface area contributed by atoms with E-state index >= 15 is 0 Å². The fourth-order valence-corrected chi connectivity index (χ4v) is 0.658. The van der Waals surface area contributed by atoms with E-state index < -0.39 is 6.10 Å². The molecular formula is C7H14O3. The predicted octanol–water partition coefficient (Wildman–Crippen LogP) is 0.0989. The van der Waals surface area contributed by atoms with Crippen LogP contribution in [0, 0.1) is 0 Å². The molecule has 0 saturated carbocycles. The maximum Gasteiger partial charge on any atom is 0.135 e. The number of carbonyl (C=O) groups excluding carboxylic acids is 1. The molecule has 0 aromatic heterocycles. The van der Waals surface area contributed by atoms with Crippen LogP contribution in [0.4, 0.5) is 0 Å². The van der Waals surface area contributed by atoms with Gasteiger partial charge in [0.1, 0.15) is 5.78 Å². The third kappa shape index (κ3) is 4.47. The molecule has 0 spiro atoms. The monoisotopic (exact) mass is 146 g/mol. The maximum absolute atomic E-state index is 10.7. The largest absolute Gasteiger partial charge is 0.396 e. The summed E-state index contributed by atoms with van der Waals surface area (Å²) in [6.07, 6.45) is 0.281. The summed E-state index contributed by atoms with van der Waals surface area (Å²) < 4.78 is 0. The lowest BCUT2D eigenvalue weighted by Gasteiger charge is -2.05. The van der Waals surface area contributed by atoms with Crippen molar-refractivity contribution in [3.8, 4) is 0 Å². The molecule has 0 rings (SSSR count). The van der Waals surface area contributed by atoms with Gasteiger partial charge in [-0.2, -0.15) is 0 Å². The van der Waals surface area contributed by atoms with Crippen LogP contribution in [0.3, 0.4) is 0 Å². The van der Waals surface area contributed by atoms with E-state index in [0.717, 1.165) is 0 Å². The van der Waals surface area contributed by atoms with Crippen molar-refractivity contribution in [1.29, 1.82) is 0 Å². The van der Waals surface area contributed by atoms with Crippen molar-refractivity contribution in [3.05, 3.63) is 0 Å². The summed E-state index contributed by atoms with van der Waals surface area (Å²) in [5.41, 5.74) is 0. The quantitative estimate of drug-likeness (QED) is 0.578. The zero-order valence-corrected chi connectivity index (χ0v) is 6.21. The summed E-state index contributed by atoms with van der Waals surface area (Å²) in [7, 11) is 0. The first-order valence-corrected chi connectivity index (χ1v) is 3.51. The van der Waals surface area contributed by atoms with Gasteiger partial charge in [0.25, 0.3) is 0 Å². The molecule has 0 bridgehead atoms. The molecule has 0 aromatic carbocycles. The van der Waals surface area contributed by atoms with Gasteiger partial charge in [-0.15, -0.1) is 0 Å². The van der Waals surface area contributed by atoms with E-state index in [1.165, 1.54) is 0 Å². The van der Waals surface area contributed by atoms with Gasteiger partial charge in [-0.1, -0.05) is 6.92 Å². The lowest BCUT2D eigenvalue weighted by atomic mass is 10.1. The Kier molecular flexibility index (Phi) is 5.16. The molecule has 3 heteroatoms. The predicted molar refractivity (Wildman–Crippen MR) is 37.6 cm³/mol. The Bertz CT molecular complexity index is 101. The third-order valence-corrected chi connectivity index (χ3v) is 1.32. The van der Waals surface area contributed by atoms with Crippen molar-refractivity contribution in [2.24, 2.45) is 0 Å². The number of Topliss-reactive ketones (excluding diaryl/α,β-unsaturated/α-hetero) is 1. The average molecular weight is 146 g/mol. The van der Waals surface area contributed by atoms with Crippen LogP contribution in [0.15, 0.2) is 0 Å². The molecule has 0 aromatic rings. The zero-order chi connectivity index (χ0) is 7.98. The number of hydrogen-bond donors (Lipinski definition) is 2. The molecule has 0 aliphatic carbocycles. The summed E-state index contributed by atoms with van der Waals surface area (Å²) in [6.45, 7) is 1.70. The van der Waals surface area contributed by atoms with Crippen molar-refractivity contribution in [1.82, 2.24) is 0 Å². The number of aliphatic hydroxyl groups is 2. The minimum Gasteiger partial charge on any atom is -0.396 e. The van der Waals surface area contributed by atoms with Gasteiger partial charge in [0, 0.05) is 19.4 Å². The lowest BCUT2D eigenvalue weighted by molar-refractivity contribution is -0.120. The molecule has 2 N–H and O–H groups in total. The molecule has 0 heterocycles. The topological polar surface area (TPSA) is 57.5 Å². The normalized spacial score (nSPS) is 13.1. The van der Waals surface area contributed by atoms with Crippen molar-refractivity contribution in [2.45, 2.75) is 32.3 Å². The third-order valence-electron chi connectivity index (χ3n) is 1.32. The highest BCUT2D eigenvalue weighted by Gasteiger charge is 2.07. The Morgan fingerprint density at radius 2 is 2.20 bits per heavy atom. The molecular weight excluding hydrogens is 132 g/mol. The van der Waals surface area contributed by atoms with Crippen molar-refractivity contribution < 1.29 is 15.0 Å². The molecule has 0 saturated heterocycles. The summed E-state index contributed by atoms with van der Waals surface area (Å²) in [6, 6.07) is 0. The van der Waals surface area contributed by atoms with Gasteiger partial charge < -0.3 is 10.2 Å². The molecule has 0 aliphatic heterocycles. The summed E-state index contributed by atoms with van der Waals surface area (Å²) in [4.78, 5) is 10.7. The van der Waals surface area contributed by atoms with Gasteiger partial charge in [-0.25, -0.2) is 0 Å². The van der Waals surface area contributed by atoms with Gasteiger partial charge in [0.05, 0.1) is 6.10 Å². The molecule has 3 nitrogen and oxygen atoms in total. The molecule has 10 heavy (non-hydrogen) atoms. The minimum absolute atomic E-state index is 0.0425. The first-order valence-electron chi connectivity index (χ1n) is 3.51. The van der Waals surface area contributed by atoms with Crippen molar-refractivity contribution in [2.75, 3.05) is 6.61 Å². The number of ketones is 1. The van der Waals surface area contributed by atoms with Crippen LogP contribution in [0.5, 0.6) is 0 Å². The van der Waals surface area contributed by atoms with Crippen LogP contribution in [0.25, 0.3) is 0 Å². The van der Waals surface area contributed by atoms with E-state index in [4.69, 9.17) is 10.2 Å². The van der Waals surface area contributed by atoms with Crippen LogP contribution >= 0.6 is 0 Å². The Hall–Kier alpha value is -0.410. The first-order chi connectivity index (χ1) is 4.70. The molecule has 0 radical (unpaired) electrons. The fraction of sp³-hybridized carbons (Fsp3) is 0.857. The summed E-state index contributed by atoms with van der Waals surface area (Å²) in [5, 5.41) is 17.3. The van der Waals surface area contributed by atoms with E-state index in [1.807, 2.05) is 0 Å². The highest BCUT2D eigenvalue weighted by atomic mass is 16.3. The SMILES string of the molecule is CCC(=O)CC(O)CCO. The van der Waals surface area contributed by atoms with Gasteiger partial charge in [0.2, 0.25) is 0 Å². The van der Waals surface area contributed by atoms with Crippen LogP contribution in [-0.2, 0) is 4.79 Å². The van der Waals surface area contributed by atoms with Crippen LogP contribution < -0.4 is 0 Å². The first kappa shape index (κ1) is 9.59. The number of hydrogen-bond acceptors (Lipinski definition) is 3. The molecule has 1 atom stereocenters. The van der Waals surface area contributed by atoms with Crippen LogP contribution in [0.1, 0.15) is 26.2 Å². The molecule has 60 valence electrons. The van der Waals surface area contributed by atoms with Gasteiger partial charge in [0.15, 0.2) is 0 Å². The van der Waals surface area contributed by atoms with Gasteiger partial charge in [-0.3, -0.25) is 4.79 Å². The van der Waals surface area contributed by atoms with Crippen molar-refractivity contribution in [3.63, 3.8) is 0 Å². The standard InChI is InChI=1S/C7H14O3/c1-2-6(9)5-7(10)3-4-8/h7-8,10H,2-5H2,1H3. The number of rotatable bonds is 5. The summed E-state index contributed by atoms with van der Waals surface area (Å²) in [5.74, 6) is 0.0425. The smallest absolute Gasteiger partial charge is 0.135 e. The zero-order valence-electron chi connectivity index (χ0n) is 6.21. The molecule has 1 unspecified atom stereocenters. The van der Waals surface area contributed by atoms with Gasteiger partial charge >= 0.3 is 0 Å². The molecule has 0 amide bonds. The highest BCUT2D eigenvalue weighted by molar-refractivity contribution is 5.78. The Labute approximate surface area is 60.7 Å². The van der Waals surface area contributed by atoms with E-state index in [2.05, 4.69) is 0 Å². The van der Waals surface area contributed by atoms with Crippen molar-refractivity contribution >= 4 is 5.78 Å². The van der Waals surface area contributed by atoms with E-state index in [9.17, 15) is 4.79 Å². The van der Waals surface area contributed by atoms with E-state index in [0.29, 0.717) is 12.8 Å². The second-order valence-electron chi connectivity index (χ2n) is 2.26.